The molecular weight excluding hydrogens is 292 g/mol. The summed E-state index contributed by atoms with van der Waals surface area (Å²) in [5.41, 5.74) is -0.276. The summed E-state index contributed by atoms with van der Waals surface area (Å²) >= 11 is 3.26. The third-order valence-electron chi connectivity index (χ3n) is 2.01. The minimum atomic E-state index is -1.36. The predicted octanol–water partition coefficient (Wildman–Crippen LogP) is 0.684. The number of rotatable bonds is 3. The lowest BCUT2D eigenvalue weighted by Gasteiger charge is -2.08. The first kappa shape index (κ1) is 11.7. The lowest BCUT2D eigenvalue weighted by atomic mass is 10.2. The van der Waals surface area contributed by atoms with Gasteiger partial charge in [-0.2, -0.15) is 0 Å². The van der Waals surface area contributed by atoms with E-state index in [0.717, 1.165) is 10.5 Å². The van der Waals surface area contributed by atoms with Crippen LogP contribution in [-0.2, 0) is 4.79 Å². The predicted molar refractivity (Wildman–Crippen MR) is 60.7 cm³/mol. The lowest BCUT2D eigenvalue weighted by molar-refractivity contribution is -0.307. The Labute approximate surface area is 104 Å². The number of carboxylic acids is 1. The van der Waals surface area contributed by atoms with E-state index in [-0.39, 0.29) is 5.75 Å². The van der Waals surface area contributed by atoms with Crippen molar-refractivity contribution in [1.29, 1.82) is 0 Å². The summed E-state index contributed by atoms with van der Waals surface area (Å²) in [5.74, 6) is -1.21. The molecule has 0 aliphatic rings. The number of hydrogen-bond acceptors (Lipinski definition) is 5. The van der Waals surface area contributed by atoms with E-state index in [4.69, 9.17) is 9.15 Å². The molecule has 0 saturated carbocycles. The van der Waals surface area contributed by atoms with Gasteiger partial charge in [-0.15, -0.1) is 0 Å². The maximum atomic E-state index is 11.2. The molecule has 2 rings (SSSR count). The molecule has 0 saturated heterocycles. The first-order chi connectivity index (χ1) is 8.06. The van der Waals surface area contributed by atoms with Crippen molar-refractivity contribution in [3.05, 3.63) is 39.2 Å². The number of fused-ring (bicyclic) bond motifs is 1. The van der Waals surface area contributed by atoms with Gasteiger partial charge in [0, 0.05) is 4.47 Å². The highest BCUT2D eigenvalue weighted by atomic mass is 79.9. The normalized spacial score (nSPS) is 10.4. The van der Waals surface area contributed by atoms with Crippen molar-refractivity contribution in [2.24, 2.45) is 0 Å². The Balaban J connectivity index is 2.55. The second kappa shape index (κ2) is 4.58. The molecule has 17 heavy (non-hydrogen) atoms. The molecule has 0 aliphatic heterocycles. The van der Waals surface area contributed by atoms with Gasteiger partial charge in [0.25, 0.3) is 0 Å². The molecule has 6 heteroatoms. The summed E-state index contributed by atoms with van der Waals surface area (Å²) in [6.45, 7) is -0.620. The highest BCUT2D eigenvalue weighted by Crippen LogP contribution is 2.26. The van der Waals surface area contributed by atoms with Crippen LogP contribution in [0.2, 0.25) is 0 Å². The Morgan fingerprint density at radius 2 is 2.18 bits per heavy atom. The van der Waals surface area contributed by atoms with Gasteiger partial charge in [0.2, 0.25) is 0 Å². The zero-order chi connectivity index (χ0) is 12.4. The van der Waals surface area contributed by atoms with Crippen LogP contribution in [0.3, 0.4) is 0 Å². The molecule has 1 aromatic heterocycles. The van der Waals surface area contributed by atoms with Crippen molar-refractivity contribution >= 4 is 32.9 Å². The van der Waals surface area contributed by atoms with E-state index in [9.17, 15) is 14.7 Å². The van der Waals surface area contributed by atoms with Crippen LogP contribution in [0.1, 0.15) is 0 Å². The molecule has 0 N–H and O–H groups in total. The van der Waals surface area contributed by atoms with Gasteiger partial charge in [0.1, 0.15) is 17.9 Å². The number of ether oxygens (including phenoxy) is 1. The molecule has 1 aromatic carbocycles. The van der Waals surface area contributed by atoms with E-state index in [1.165, 1.54) is 0 Å². The molecule has 0 bridgehead atoms. The van der Waals surface area contributed by atoms with Crippen LogP contribution in [0.5, 0.6) is 5.75 Å². The number of carbonyl (C=O) groups excluding carboxylic acids is 1. The fraction of sp³-hybridized carbons (Fsp3) is 0.0909. The summed E-state index contributed by atoms with van der Waals surface area (Å²) in [6, 6.07) is 6.06. The van der Waals surface area contributed by atoms with E-state index >= 15 is 0 Å². The monoisotopic (exact) mass is 297 g/mol. The zero-order valence-corrected chi connectivity index (χ0v) is 10.0. The second-order valence-electron chi connectivity index (χ2n) is 3.23. The van der Waals surface area contributed by atoms with E-state index in [1.807, 2.05) is 0 Å². The van der Waals surface area contributed by atoms with Crippen LogP contribution in [0.4, 0.5) is 0 Å². The van der Waals surface area contributed by atoms with Crippen LogP contribution >= 0.6 is 15.9 Å². The summed E-state index contributed by atoms with van der Waals surface area (Å²) < 4.78 is 10.7. The fourth-order valence-electron chi connectivity index (χ4n) is 1.36. The Bertz CT molecular complexity index is 631. The van der Waals surface area contributed by atoms with E-state index in [1.54, 1.807) is 18.2 Å². The molecule has 0 fully saturated rings. The molecule has 0 radical (unpaired) electrons. The van der Waals surface area contributed by atoms with Gasteiger partial charge in [0.15, 0.2) is 0 Å². The van der Waals surface area contributed by atoms with Gasteiger partial charge >= 0.3 is 5.63 Å². The van der Waals surface area contributed by atoms with Crippen LogP contribution in [0, 0.1) is 0 Å². The molecule has 1 heterocycles. The van der Waals surface area contributed by atoms with E-state index in [0.29, 0.717) is 11.0 Å². The Morgan fingerprint density at radius 1 is 1.41 bits per heavy atom. The first-order valence-electron chi connectivity index (χ1n) is 4.62. The minimum absolute atomic E-state index is 0.154. The van der Waals surface area contributed by atoms with Crippen molar-refractivity contribution in [3.8, 4) is 5.75 Å². The van der Waals surface area contributed by atoms with Gasteiger partial charge in [0.05, 0.1) is 17.4 Å². The topological polar surface area (TPSA) is 79.6 Å². The second-order valence-corrected chi connectivity index (χ2v) is 4.15. The molecule has 0 amide bonds. The van der Waals surface area contributed by atoms with Gasteiger partial charge in [-0.05, 0) is 18.2 Å². The van der Waals surface area contributed by atoms with Crippen molar-refractivity contribution in [2.45, 2.75) is 0 Å². The Morgan fingerprint density at radius 3 is 2.88 bits per heavy atom. The third kappa shape index (κ3) is 2.65. The molecule has 0 spiro atoms. The standard InChI is InChI=1S/C11H7BrO5/c12-6-1-2-8-7(3-6)9(4-11(15)17-8)16-5-10(13)14/h1-4H,5H2,(H,13,14)/p-1. The van der Waals surface area contributed by atoms with E-state index < -0.39 is 18.2 Å². The van der Waals surface area contributed by atoms with Crippen LogP contribution in [-0.4, -0.2) is 12.6 Å². The Kier molecular flexibility index (Phi) is 3.14. The van der Waals surface area contributed by atoms with Gasteiger partial charge in [-0.3, -0.25) is 0 Å². The average Bonchev–Trinajstić information content (AvgIpc) is 2.26. The van der Waals surface area contributed by atoms with Gasteiger partial charge < -0.3 is 19.1 Å². The minimum Gasteiger partial charge on any atom is -0.546 e. The number of carbonyl (C=O) groups is 1. The molecule has 5 nitrogen and oxygen atoms in total. The molecule has 0 unspecified atom stereocenters. The fourth-order valence-corrected chi connectivity index (χ4v) is 1.72. The van der Waals surface area contributed by atoms with E-state index in [2.05, 4.69) is 15.9 Å². The third-order valence-corrected chi connectivity index (χ3v) is 2.51. The summed E-state index contributed by atoms with van der Waals surface area (Å²) in [4.78, 5) is 21.5. The zero-order valence-electron chi connectivity index (χ0n) is 8.44. The van der Waals surface area contributed by atoms with Crippen LogP contribution in [0.15, 0.2) is 37.9 Å². The smallest absolute Gasteiger partial charge is 0.339 e. The van der Waals surface area contributed by atoms with Crippen molar-refractivity contribution in [2.75, 3.05) is 6.61 Å². The maximum absolute atomic E-state index is 11.2. The molecule has 0 atom stereocenters. The van der Waals surface area contributed by atoms with Gasteiger partial charge in [-0.25, -0.2) is 4.79 Å². The number of hydrogen-bond donors (Lipinski definition) is 0. The first-order valence-corrected chi connectivity index (χ1v) is 5.41. The van der Waals surface area contributed by atoms with Crippen LogP contribution < -0.4 is 15.5 Å². The molecule has 0 aliphatic carbocycles. The number of benzene rings is 1. The molecule has 2 aromatic rings. The Hall–Kier alpha value is -1.82. The van der Waals surface area contributed by atoms with Crippen molar-refractivity contribution in [1.82, 2.24) is 0 Å². The highest BCUT2D eigenvalue weighted by molar-refractivity contribution is 9.10. The number of halogens is 1. The quantitative estimate of drug-likeness (QED) is 0.779. The summed E-state index contributed by atoms with van der Waals surface area (Å²) in [7, 11) is 0. The van der Waals surface area contributed by atoms with Crippen LogP contribution in [0.25, 0.3) is 11.0 Å². The largest absolute Gasteiger partial charge is 0.546 e. The lowest BCUT2D eigenvalue weighted by Crippen LogP contribution is -2.29. The van der Waals surface area contributed by atoms with Crippen molar-refractivity contribution < 1.29 is 19.1 Å². The summed E-state index contributed by atoms with van der Waals surface area (Å²) in [5, 5.41) is 10.8. The molecule has 88 valence electrons. The number of carboxylic acid groups (broad SMARTS) is 1. The van der Waals surface area contributed by atoms with Crippen molar-refractivity contribution in [3.63, 3.8) is 0 Å². The summed E-state index contributed by atoms with van der Waals surface area (Å²) in [6.07, 6.45) is 0. The maximum Gasteiger partial charge on any atom is 0.339 e. The molecular formula is C11H6BrO5-. The van der Waals surface area contributed by atoms with Gasteiger partial charge in [-0.1, -0.05) is 15.9 Å². The average molecular weight is 298 g/mol. The highest BCUT2D eigenvalue weighted by Gasteiger charge is 2.07. The number of aliphatic carboxylic acids is 1. The SMILES string of the molecule is O=C([O-])COc1cc(=O)oc2ccc(Br)cc12.